The zero-order chi connectivity index (χ0) is 26.2. The SMILES string of the molecule is COc1cnc(-c2ccc(C3CC3)cc2)nc1Nc1c[nH]nc1-c1nc2cc(CN3CCOCC3)ccc2[nH]1. The van der Waals surface area contributed by atoms with E-state index in [1.807, 2.05) is 0 Å². The van der Waals surface area contributed by atoms with Gasteiger partial charge in [-0.25, -0.2) is 15.0 Å². The van der Waals surface area contributed by atoms with Crippen LogP contribution < -0.4 is 10.1 Å². The van der Waals surface area contributed by atoms with Crippen LogP contribution in [-0.4, -0.2) is 68.4 Å². The first-order chi connectivity index (χ1) is 19.2. The summed E-state index contributed by atoms with van der Waals surface area (Å²) in [5, 5.41) is 10.8. The van der Waals surface area contributed by atoms with Crippen molar-refractivity contribution in [1.29, 1.82) is 0 Å². The lowest BCUT2D eigenvalue weighted by Gasteiger charge is -2.26. The molecule has 2 aromatic carbocycles. The third-order valence-corrected chi connectivity index (χ3v) is 7.37. The van der Waals surface area contributed by atoms with Crippen molar-refractivity contribution in [3.8, 4) is 28.7 Å². The van der Waals surface area contributed by atoms with Gasteiger partial charge in [0.2, 0.25) is 0 Å². The summed E-state index contributed by atoms with van der Waals surface area (Å²) in [6.45, 7) is 4.36. The molecule has 7 rings (SSSR count). The molecular formula is C29H30N8O2. The number of anilines is 2. The van der Waals surface area contributed by atoms with Gasteiger partial charge in [0.05, 0.1) is 43.2 Å². The minimum absolute atomic E-state index is 0.540. The van der Waals surface area contributed by atoms with Gasteiger partial charge in [0.25, 0.3) is 0 Å². The van der Waals surface area contributed by atoms with Crippen LogP contribution in [-0.2, 0) is 11.3 Å². The molecule has 0 bridgehead atoms. The molecule has 39 heavy (non-hydrogen) atoms. The highest BCUT2D eigenvalue weighted by molar-refractivity contribution is 5.83. The maximum Gasteiger partial charge on any atom is 0.179 e. The molecule has 5 aromatic rings. The lowest BCUT2D eigenvalue weighted by molar-refractivity contribution is 0.0342. The average Bonchev–Trinajstić information content (AvgIpc) is 3.58. The molecule has 10 nitrogen and oxygen atoms in total. The predicted molar refractivity (Wildman–Crippen MR) is 149 cm³/mol. The second-order valence-electron chi connectivity index (χ2n) is 10.1. The minimum Gasteiger partial charge on any atom is -0.491 e. The van der Waals surface area contributed by atoms with Gasteiger partial charge in [-0.1, -0.05) is 30.3 Å². The summed E-state index contributed by atoms with van der Waals surface area (Å²) in [7, 11) is 1.61. The predicted octanol–water partition coefficient (Wildman–Crippen LogP) is 4.87. The zero-order valence-electron chi connectivity index (χ0n) is 21.8. The van der Waals surface area contributed by atoms with Gasteiger partial charge in [-0.15, -0.1) is 0 Å². The fraction of sp³-hybridized carbons (Fsp3) is 0.310. The summed E-state index contributed by atoms with van der Waals surface area (Å²) in [4.78, 5) is 20.0. The van der Waals surface area contributed by atoms with Crippen molar-refractivity contribution in [2.45, 2.75) is 25.3 Å². The number of morpholine rings is 1. The van der Waals surface area contributed by atoms with Gasteiger partial charge in [0, 0.05) is 31.4 Å². The molecule has 1 saturated heterocycles. The standard InChI is InChI=1S/C29H30N8O2/c1-38-25-16-30-27(21-7-5-20(6-8-21)19-3-4-19)35-28(25)34-24-15-31-36-26(24)29-32-22-9-2-18(14-23(22)33-29)17-37-10-12-39-13-11-37/h2,5-9,14-16,19H,3-4,10-13,17H2,1H3,(H,31,36)(H,32,33)(H,30,34,35). The molecule has 0 spiro atoms. The number of nitrogens with zero attached hydrogens (tertiary/aromatic N) is 5. The van der Waals surface area contributed by atoms with Crippen LogP contribution in [0.5, 0.6) is 5.75 Å². The summed E-state index contributed by atoms with van der Waals surface area (Å²) in [5.74, 6) is 3.10. The smallest absolute Gasteiger partial charge is 0.179 e. The number of H-pyrrole nitrogens is 2. The number of hydrogen-bond acceptors (Lipinski definition) is 8. The number of imidazole rings is 1. The number of fused-ring (bicyclic) bond motifs is 1. The summed E-state index contributed by atoms with van der Waals surface area (Å²) < 4.78 is 11.0. The van der Waals surface area contributed by atoms with Crippen molar-refractivity contribution in [1.82, 2.24) is 35.0 Å². The van der Waals surface area contributed by atoms with Gasteiger partial charge in [0.15, 0.2) is 28.9 Å². The van der Waals surface area contributed by atoms with Crippen LogP contribution >= 0.6 is 0 Å². The van der Waals surface area contributed by atoms with E-state index in [2.05, 4.69) is 72.8 Å². The number of benzene rings is 2. The molecule has 3 aromatic heterocycles. The molecule has 10 heteroatoms. The quantitative estimate of drug-likeness (QED) is 0.264. The first kappa shape index (κ1) is 23.8. The van der Waals surface area contributed by atoms with Gasteiger partial charge in [-0.05, 0) is 42.0 Å². The van der Waals surface area contributed by atoms with Crippen LogP contribution in [0.4, 0.5) is 11.5 Å². The Balaban J connectivity index is 1.15. The van der Waals surface area contributed by atoms with E-state index >= 15 is 0 Å². The van der Waals surface area contributed by atoms with E-state index in [4.69, 9.17) is 19.4 Å². The Kier molecular flexibility index (Phi) is 6.18. The van der Waals surface area contributed by atoms with Crippen LogP contribution in [0, 0.1) is 0 Å². The maximum atomic E-state index is 5.56. The van der Waals surface area contributed by atoms with Gasteiger partial charge in [-0.3, -0.25) is 10.00 Å². The van der Waals surface area contributed by atoms with Crippen LogP contribution in [0.2, 0.25) is 0 Å². The molecule has 0 atom stereocenters. The van der Waals surface area contributed by atoms with Gasteiger partial charge in [0.1, 0.15) is 0 Å². The molecule has 1 aliphatic heterocycles. The van der Waals surface area contributed by atoms with Crippen LogP contribution in [0.1, 0.15) is 29.9 Å². The topological polar surface area (TPSA) is 117 Å². The zero-order valence-corrected chi connectivity index (χ0v) is 21.8. The van der Waals surface area contributed by atoms with E-state index in [-0.39, 0.29) is 0 Å². The number of hydrogen-bond donors (Lipinski definition) is 3. The highest BCUT2D eigenvalue weighted by Crippen LogP contribution is 2.40. The lowest BCUT2D eigenvalue weighted by atomic mass is 10.1. The van der Waals surface area contributed by atoms with Gasteiger partial charge in [-0.2, -0.15) is 5.10 Å². The minimum atomic E-state index is 0.540. The van der Waals surface area contributed by atoms with E-state index < -0.39 is 0 Å². The molecule has 198 valence electrons. The molecule has 0 amide bonds. The number of ether oxygens (including phenoxy) is 2. The molecule has 0 radical (unpaired) electrons. The molecule has 2 aliphatic rings. The third-order valence-electron chi connectivity index (χ3n) is 7.37. The van der Waals surface area contributed by atoms with Gasteiger partial charge >= 0.3 is 0 Å². The Hall–Kier alpha value is -4.28. The summed E-state index contributed by atoms with van der Waals surface area (Å²) in [6.07, 6.45) is 6.04. The van der Waals surface area contributed by atoms with Crippen molar-refractivity contribution < 1.29 is 9.47 Å². The summed E-state index contributed by atoms with van der Waals surface area (Å²) in [6, 6.07) is 14.9. The molecule has 1 saturated carbocycles. The van der Waals surface area contributed by atoms with Crippen molar-refractivity contribution in [3.63, 3.8) is 0 Å². The van der Waals surface area contributed by atoms with E-state index in [1.165, 1.54) is 24.0 Å². The number of rotatable bonds is 8. The van der Waals surface area contributed by atoms with E-state index in [0.29, 0.717) is 34.8 Å². The molecule has 2 fully saturated rings. The molecule has 0 unspecified atom stereocenters. The summed E-state index contributed by atoms with van der Waals surface area (Å²) >= 11 is 0. The number of nitrogens with one attached hydrogen (secondary N) is 3. The molecule has 4 heterocycles. The molecule has 3 N–H and O–H groups in total. The summed E-state index contributed by atoms with van der Waals surface area (Å²) in [5.41, 5.74) is 6.83. The Morgan fingerprint density at radius 3 is 2.72 bits per heavy atom. The van der Waals surface area contributed by atoms with E-state index in [1.54, 1.807) is 19.5 Å². The highest BCUT2D eigenvalue weighted by atomic mass is 16.5. The fourth-order valence-corrected chi connectivity index (χ4v) is 5.04. The van der Waals surface area contributed by atoms with Crippen LogP contribution in [0.15, 0.2) is 54.9 Å². The van der Waals surface area contributed by atoms with Gasteiger partial charge < -0.3 is 19.8 Å². The molecule has 1 aliphatic carbocycles. The van der Waals surface area contributed by atoms with Crippen molar-refractivity contribution in [2.75, 3.05) is 38.7 Å². The largest absolute Gasteiger partial charge is 0.491 e. The monoisotopic (exact) mass is 522 g/mol. The maximum absolute atomic E-state index is 5.56. The van der Waals surface area contributed by atoms with E-state index in [0.717, 1.165) is 55.1 Å². The van der Waals surface area contributed by atoms with Crippen LogP contribution in [0.25, 0.3) is 33.9 Å². The second kappa shape index (κ2) is 10.1. The Morgan fingerprint density at radius 2 is 1.92 bits per heavy atom. The first-order valence-electron chi connectivity index (χ1n) is 13.3. The Bertz CT molecular complexity index is 1600. The molecular weight excluding hydrogens is 492 g/mol. The first-order valence-corrected chi connectivity index (χ1v) is 13.3. The normalized spacial score (nSPS) is 16.0. The Labute approximate surface area is 225 Å². The number of aromatic amines is 2. The second-order valence-corrected chi connectivity index (χ2v) is 10.1. The van der Waals surface area contributed by atoms with E-state index in [9.17, 15) is 0 Å². The third kappa shape index (κ3) is 4.96. The van der Waals surface area contributed by atoms with Crippen molar-refractivity contribution in [3.05, 3.63) is 66.0 Å². The lowest BCUT2D eigenvalue weighted by Crippen LogP contribution is -2.35. The van der Waals surface area contributed by atoms with Crippen molar-refractivity contribution in [2.24, 2.45) is 0 Å². The van der Waals surface area contributed by atoms with Crippen LogP contribution in [0.3, 0.4) is 0 Å². The highest BCUT2D eigenvalue weighted by Gasteiger charge is 2.23. The van der Waals surface area contributed by atoms with Crippen molar-refractivity contribution >= 4 is 22.5 Å². The fourth-order valence-electron chi connectivity index (χ4n) is 5.04. The number of aromatic nitrogens is 6. The average molecular weight is 523 g/mol. The number of methoxy groups -OCH3 is 1. The Morgan fingerprint density at radius 1 is 1.08 bits per heavy atom.